The van der Waals surface area contributed by atoms with Gasteiger partial charge in [-0.3, -0.25) is 4.79 Å². The van der Waals surface area contributed by atoms with Crippen LogP contribution >= 0.6 is 0 Å². The zero-order valence-corrected chi connectivity index (χ0v) is 54.3. The van der Waals surface area contributed by atoms with E-state index in [1.165, 1.54) is 135 Å². The minimum atomic E-state index is -1.58. The van der Waals surface area contributed by atoms with E-state index in [-0.39, 0.29) is 12.5 Å². The van der Waals surface area contributed by atoms with Crippen molar-refractivity contribution in [1.29, 1.82) is 0 Å². The highest BCUT2D eigenvalue weighted by molar-refractivity contribution is 5.76. The van der Waals surface area contributed by atoms with Crippen LogP contribution in [0.25, 0.3) is 0 Å². The fraction of sp³-hybridized carbons (Fsp3) is 0.697. The van der Waals surface area contributed by atoms with Crippen molar-refractivity contribution >= 4 is 5.91 Å². The summed E-state index contributed by atoms with van der Waals surface area (Å²) in [5.74, 6) is -0.194. The van der Waals surface area contributed by atoms with Gasteiger partial charge in [-0.1, -0.05) is 314 Å². The Morgan fingerprint density at radius 3 is 1.08 bits per heavy atom. The third-order valence-corrected chi connectivity index (χ3v) is 15.7. The molecule has 0 saturated carbocycles. The third-order valence-electron chi connectivity index (χ3n) is 15.7. The van der Waals surface area contributed by atoms with E-state index >= 15 is 0 Å². The lowest BCUT2D eigenvalue weighted by Crippen LogP contribution is -2.60. The molecular formula is C76H129NO8. The van der Waals surface area contributed by atoms with Crippen molar-refractivity contribution in [2.75, 3.05) is 13.2 Å². The number of carbonyl (C=O) groups excluding carboxylic acids is 1. The smallest absolute Gasteiger partial charge is 0.220 e. The van der Waals surface area contributed by atoms with Gasteiger partial charge < -0.3 is 40.3 Å². The molecule has 7 unspecified atom stereocenters. The molecule has 1 heterocycles. The van der Waals surface area contributed by atoms with Gasteiger partial charge in [0.1, 0.15) is 24.4 Å². The second kappa shape index (κ2) is 63.4. The number of ether oxygens (including phenoxy) is 2. The molecular weight excluding hydrogens is 1050 g/mol. The van der Waals surface area contributed by atoms with Gasteiger partial charge in [0.05, 0.1) is 25.4 Å². The Balaban J connectivity index is 2.19. The van der Waals surface area contributed by atoms with E-state index in [1.54, 1.807) is 6.08 Å². The van der Waals surface area contributed by atoms with E-state index in [0.29, 0.717) is 6.42 Å². The van der Waals surface area contributed by atoms with Gasteiger partial charge >= 0.3 is 0 Å². The first-order valence-corrected chi connectivity index (χ1v) is 34.9. The predicted octanol–water partition coefficient (Wildman–Crippen LogP) is 19.2. The summed E-state index contributed by atoms with van der Waals surface area (Å²) in [6.07, 6.45) is 89.7. The highest BCUT2D eigenvalue weighted by atomic mass is 16.7. The van der Waals surface area contributed by atoms with Crippen LogP contribution in [-0.4, -0.2) is 87.5 Å². The first-order chi connectivity index (χ1) is 41.8. The molecule has 0 aromatic carbocycles. The number of allylic oxidation sites excluding steroid dienone is 21. The molecule has 1 aliphatic rings. The Morgan fingerprint density at radius 1 is 0.412 bits per heavy atom. The van der Waals surface area contributed by atoms with Crippen LogP contribution in [0.5, 0.6) is 0 Å². The normalized spacial score (nSPS) is 19.0. The summed E-state index contributed by atoms with van der Waals surface area (Å²) < 4.78 is 11.3. The number of rotatable bonds is 59. The zero-order valence-electron chi connectivity index (χ0n) is 54.3. The van der Waals surface area contributed by atoms with Gasteiger partial charge in [-0.05, 0) is 96.3 Å². The summed E-state index contributed by atoms with van der Waals surface area (Å²) in [6.45, 7) is 3.68. The summed E-state index contributed by atoms with van der Waals surface area (Å²) in [6, 6.07) is -0.825. The summed E-state index contributed by atoms with van der Waals surface area (Å²) in [7, 11) is 0. The van der Waals surface area contributed by atoms with E-state index < -0.39 is 49.5 Å². The van der Waals surface area contributed by atoms with Gasteiger partial charge in [-0.25, -0.2) is 0 Å². The molecule has 0 bridgehead atoms. The third kappa shape index (κ3) is 52.0. The summed E-state index contributed by atoms with van der Waals surface area (Å²) in [5.41, 5.74) is 0. The molecule has 9 nitrogen and oxygen atoms in total. The Labute approximate surface area is 521 Å². The maximum Gasteiger partial charge on any atom is 0.220 e. The van der Waals surface area contributed by atoms with E-state index in [4.69, 9.17) is 9.47 Å². The minimum absolute atomic E-state index is 0.194. The first-order valence-electron chi connectivity index (χ1n) is 34.9. The lowest BCUT2D eigenvalue weighted by Gasteiger charge is -2.40. The summed E-state index contributed by atoms with van der Waals surface area (Å²) >= 11 is 0. The highest BCUT2D eigenvalue weighted by Gasteiger charge is 2.44. The molecule has 1 saturated heterocycles. The molecule has 0 radical (unpaired) electrons. The van der Waals surface area contributed by atoms with Gasteiger partial charge in [-0.15, -0.1) is 0 Å². The number of hydrogen-bond acceptors (Lipinski definition) is 8. The summed E-state index contributed by atoms with van der Waals surface area (Å²) in [5, 5.41) is 54.8. The van der Waals surface area contributed by atoms with Crippen LogP contribution in [0.3, 0.4) is 0 Å². The molecule has 0 spiro atoms. The largest absolute Gasteiger partial charge is 0.394 e. The first kappa shape index (κ1) is 79.3. The van der Waals surface area contributed by atoms with Crippen LogP contribution in [0.15, 0.2) is 134 Å². The Bertz CT molecular complexity index is 1800. The topological polar surface area (TPSA) is 149 Å². The fourth-order valence-electron chi connectivity index (χ4n) is 10.3. The lowest BCUT2D eigenvalue weighted by atomic mass is 9.99. The standard InChI is InChI=1S/C76H129NO8/c1-3-5-7-9-11-13-15-17-19-21-23-25-27-29-30-31-32-33-34-35-36-37-38-39-40-42-44-46-48-50-52-54-56-58-60-62-64-66-72(80)77-69(68-84-76-75(83)74(82)73(81)71(67-78)85-76)70(79)65-63-61-59-57-55-53-51-49-47-45-43-41-28-26-24-22-20-18-16-14-12-10-8-6-4-2/h5,7,11,13,17,19,23,25,29-30,32-33,35-36,38-39,42,44,48,50,63,65,69-71,73-76,78-79,81-83H,3-4,6,8-10,12,14-16,18,20-22,24,26-28,31,34,37,40-41,43,45-47,49,51-62,64,66-68H2,1-2H3,(H,77,80)/b7-5-,13-11-,19-17-,25-23-,30-29-,33-32-,36-35-,39-38-,44-42-,50-48-,65-63+. The number of unbranched alkanes of at least 4 members (excludes halogenated alkanes) is 29. The minimum Gasteiger partial charge on any atom is -0.394 e. The molecule has 85 heavy (non-hydrogen) atoms. The van der Waals surface area contributed by atoms with Crippen LogP contribution in [0, 0.1) is 0 Å². The van der Waals surface area contributed by atoms with Crippen molar-refractivity contribution < 1.29 is 39.8 Å². The molecule has 1 fully saturated rings. The van der Waals surface area contributed by atoms with Crippen LogP contribution in [0.1, 0.15) is 284 Å². The van der Waals surface area contributed by atoms with Crippen molar-refractivity contribution in [2.24, 2.45) is 0 Å². The number of carbonyl (C=O) groups is 1. The molecule has 1 rings (SSSR count). The van der Waals surface area contributed by atoms with Crippen LogP contribution in [-0.2, 0) is 14.3 Å². The van der Waals surface area contributed by atoms with Crippen molar-refractivity contribution in [3.05, 3.63) is 134 Å². The van der Waals surface area contributed by atoms with Crippen LogP contribution in [0.2, 0.25) is 0 Å². The molecule has 6 N–H and O–H groups in total. The number of nitrogens with one attached hydrogen (secondary N) is 1. The second-order valence-corrected chi connectivity index (χ2v) is 23.6. The highest BCUT2D eigenvalue weighted by Crippen LogP contribution is 2.23. The summed E-state index contributed by atoms with van der Waals surface area (Å²) in [4.78, 5) is 13.1. The molecule has 1 amide bonds. The monoisotopic (exact) mass is 1180 g/mol. The molecule has 1 aliphatic heterocycles. The Morgan fingerprint density at radius 2 is 0.729 bits per heavy atom. The molecule has 0 aliphatic carbocycles. The average molecular weight is 1180 g/mol. The van der Waals surface area contributed by atoms with E-state index in [2.05, 4.69) is 141 Å². The van der Waals surface area contributed by atoms with E-state index in [9.17, 15) is 30.3 Å². The molecule has 9 heteroatoms. The zero-order chi connectivity index (χ0) is 61.4. The second-order valence-electron chi connectivity index (χ2n) is 23.6. The van der Waals surface area contributed by atoms with Crippen molar-refractivity contribution in [1.82, 2.24) is 5.32 Å². The van der Waals surface area contributed by atoms with E-state index in [1.807, 2.05) is 6.08 Å². The number of aliphatic hydroxyl groups is 5. The van der Waals surface area contributed by atoms with Crippen molar-refractivity contribution in [2.45, 2.75) is 326 Å². The van der Waals surface area contributed by atoms with Gasteiger partial charge in [0, 0.05) is 6.42 Å². The maximum atomic E-state index is 13.1. The SMILES string of the molecule is CC/C=C\C/C=C\C/C=C\C/C=C\C/C=C\C/C=C\C/C=C\C/C=C\C/C=C\C/C=C\CCCCCCCCC(=O)NC(COC1OC(CO)C(O)C(O)C1O)C(O)/C=C/CCCCCCCCCCCCCCCCCCCCCCCCC. The van der Waals surface area contributed by atoms with Crippen LogP contribution < -0.4 is 5.32 Å². The van der Waals surface area contributed by atoms with E-state index in [0.717, 1.165) is 128 Å². The van der Waals surface area contributed by atoms with Crippen molar-refractivity contribution in [3.63, 3.8) is 0 Å². The number of hydrogen-bond donors (Lipinski definition) is 6. The molecule has 7 atom stereocenters. The molecule has 486 valence electrons. The number of aliphatic hydroxyl groups excluding tert-OH is 5. The fourth-order valence-corrected chi connectivity index (χ4v) is 10.3. The van der Waals surface area contributed by atoms with Crippen molar-refractivity contribution in [3.8, 4) is 0 Å². The lowest BCUT2D eigenvalue weighted by molar-refractivity contribution is -0.302. The van der Waals surface area contributed by atoms with Gasteiger partial charge in [-0.2, -0.15) is 0 Å². The van der Waals surface area contributed by atoms with Gasteiger partial charge in [0.15, 0.2) is 6.29 Å². The van der Waals surface area contributed by atoms with Crippen LogP contribution in [0.4, 0.5) is 0 Å². The molecule has 0 aromatic rings. The Hall–Kier alpha value is -3.67. The average Bonchev–Trinajstić information content (AvgIpc) is 3.57. The quantitative estimate of drug-likeness (QED) is 0.0261. The number of amides is 1. The predicted molar refractivity (Wildman–Crippen MR) is 363 cm³/mol. The Kier molecular flexibility index (Phi) is 59.1. The maximum absolute atomic E-state index is 13.1. The van der Waals surface area contributed by atoms with Gasteiger partial charge in [0.25, 0.3) is 0 Å². The molecule has 0 aromatic heterocycles. The van der Waals surface area contributed by atoms with Gasteiger partial charge in [0.2, 0.25) is 5.91 Å².